The Balaban J connectivity index is 1.74. The van der Waals surface area contributed by atoms with Crippen LogP contribution in [0.3, 0.4) is 0 Å². The minimum Gasteiger partial charge on any atom is -0.459 e. The fourth-order valence-corrected chi connectivity index (χ4v) is 5.26. The Morgan fingerprint density at radius 2 is 2.04 bits per heavy atom. The van der Waals surface area contributed by atoms with Gasteiger partial charge in [0, 0.05) is 10.9 Å². The van der Waals surface area contributed by atoms with E-state index < -0.39 is 0 Å². The molecule has 0 saturated carbocycles. The number of anilines is 1. The number of amides is 1. The number of nitrogens with zero attached hydrogens (tertiary/aromatic N) is 3. The molecule has 2 aromatic heterocycles. The molecule has 0 aliphatic heterocycles. The van der Waals surface area contributed by atoms with Gasteiger partial charge in [0.2, 0.25) is 5.91 Å². The molecule has 2 heterocycles. The number of ether oxygens (including phenoxy) is 1. The Hall–Kier alpha value is -1.87. The van der Waals surface area contributed by atoms with E-state index >= 15 is 0 Å². The molecule has 0 spiro atoms. The Kier molecular flexibility index (Phi) is 6.77. The van der Waals surface area contributed by atoms with Gasteiger partial charge in [-0.25, -0.2) is 4.79 Å². The number of fused-ring (bicyclic) bond motifs is 1. The van der Waals surface area contributed by atoms with Crippen molar-refractivity contribution in [2.45, 2.75) is 70.7 Å². The zero-order valence-corrected chi connectivity index (χ0v) is 18.3. The van der Waals surface area contributed by atoms with Gasteiger partial charge < -0.3 is 14.6 Å². The maximum absolute atomic E-state index is 12.7. The van der Waals surface area contributed by atoms with E-state index in [1.165, 1.54) is 28.0 Å². The number of rotatable bonds is 7. The lowest BCUT2D eigenvalue weighted by Gasteiger charge is -2.14. The zero-order chi connectivity index (χ0) is 20.3. The lowest BCUT2D eigenvalue weighted by atomic mass is 9.95. The van der Waals surface area contributed by atoms with Gasteiger partial charge in [0.25, 0.3) is 0 Å². The summed E-state index contributed by atoms with van der Waals surface area (Å²) in [6, 6.07) is 0.224. The van der Waals surface area contributed by atoms with Gasteiger partial charge in [-0.3, -0.25) is 4.79 Å². The number of thiophene rings is 1. The summed E-state index contributed by atoms with van der Waals surface area (Å²) in [5, 5.41) is 12.2. The first-order chi connectivity index (χ1) is 13.4. The minimum absolute atomic E-state index is 0.166. The standard InChI is InChI=1S/C19H26N4O3S2/c1-11(2)23-10-20-22-19(23)27-9-15(24)21-17-16(18(25)26-12(3)4)13-7-5-6-8-14(13)28-17/h10-12H,5-9H2,1-4H3,(H,21,24). The summed E-state index contributed by atoms with van der Waals surface area (Å²) < 4.78 is 7.36. The smallest absolute Gasteiger partial charge is 0.341 e. The summed E-state index contributed by atoms with van der Waals surface area (Å²) in [7, 11) is 0. The summed E-state index contributed by atoms with van der Waals surface area (Å²) >= 11 is 2.84. The van der Waals surface area contributed by atoms with Gasteiger partial charge in [-0.1, -0.05) is 11.8 Å². The van der Waals surface area contributed by atoms with Gasteiger partial charge in [-0.15, -0.1) is 21.5 Å². The molecular weight excluding hydrogens is 396 g/mol. The van der Waals surface area contributed by atoms with Crippen molar-refractivity contribution in [3.8, 4) is 0 Å². The molecule has 0 atom stereocenters. The highest BCUT2D eigenvalue weighted by Gasteiger charge is 2.28. The molecule has 152 valence electrons. The molecule has 0 bridgehead atoms. The molecule has 3 rings (SSSR count). The predicted molar refractivity (Wildman–Crippen MR) is 111 cm³/mol. The van der Waals surface area contributed by atoms with E-state index in [2.05, 4.69) is 15.5 Å². The van der Waals surface area contributed by atoms with Crippen molar-refractivity contribution >= 4 is 40.0 Å². The Labute approximate surface area is 173 Å². The third-order valence-electron chi connectivity index (χ3n) is 4.40. The van der Waals surface area contributed by atoms with Crippen molar-refractivity contribution in [3.63, 3.8) is 0 Å². The van der Waals surface area contributed by atoms with Crippen LogP contribution >= 0.6 is 23.1 Å². The van der Waals surface area contributed by atoms with Crippen molar-refractivity contribution in [2.24, 2.45) is 0 Å². The number of carbonyl (C=O) groups is 2. The monoisotopic (exact) mass is 422 g/mol. The molecule has 0 unspecified atom stereocenters. The van der Waals surface area contributed by atoms with Crippen LogP contribution in [0.15, 0.2) is 11.5 Å². The molecular formula is C19H26N4O3S2. The first-order valence-electron chi connectivity index (χ1n) is 9.54. The first-order valence-corrected chi connectivity index (χ1v) is 11.3. The largest absolute Gasteiger partial charge is 0.459 e. The van der Waals surface area contributed by atoms with Gasteiger partial charge in [0.05, 0.1) is 17.4 Å². The van der Waals surface area contributed by atoms with Crippen LogP contribution < -0.4 is 5.32 Å². The number of esters is 1. The predicted octanol–water partition coefficient (Wildman–Crippen LogP) is 4.10. The lowest BCUT2D eigenvalue weighted by molar-refractivity contribution is -0.113. The Morgan fingerprint density at radius 1 is 1.29 bits per heavy atom. The molecule has 1 aliphatic rings. The van der Waals surface area contributed by atoms with E-state index in [9.17, 15) is 9.59 Å². The van der Waals surface area contributed by atoms with Gasteiger partial charge in [-0.05, 0) is 58.9 Å². The van der Waals surface area contributed by atoms with Crippen LogP contribution in [-0.2, 0) is 22.4 Å². The highest BCUT2D eigenvalue weighted by molar-refractivity contribution is 7.99. The van der Waals surface area contributed by atoms with Crippen molar-refractivity contribution in [3.05, 3.63) is 22.3 Å². The van der Waals surface area contributed by atoms with E-state index in [0.29, 0.717) is 15.7 Å². The van der Waals surface area contributed by atoms with Crippen LogP contribution in [0.25, 0.3) is 0 Å². The highest BCUT2D eigenvalue weighted by Crippen LogP contribution is 2.39. The van der Waals surface area contributed by atoms with Gasteiger partial charge >= 0.3 is 5.97 Å². The SMILES string of the molecule is CC(C)OC(=O)c1c(NC(=O)CSc2nncn2C(C)C)sc2c1CCCC2. The number of aromatic nitrogens is 3. The molecule has 0 saturated heterocycles. The zero-order valence-electron chi connectivity index (χ0n) is 16.7. The molecule has 1 amide bonds. The summed E-state index contributed by atoms with van der Waals surface area (Å²) in [5.74, 6) is -0.315. The van der Waals surface area contributed by atoms with E-state index in [4.69, 9.17) is 4.74 Å². The fourth-order valence-electron chi connectivity index (χ4n) is 3.13. The summed E-state index contributed by atoms with van der Waals surface area (Å²) in [4.78, 5) is 26.4. The van der Waals surface area contributed by atoms with Crippen LogP contribution in [0, 0.1) is 0 Å². The molecule has 0 fully saturated rings. The molecule has 7 nitrogen and oxygen atoms in total. The number of nitrogens with one attached hydrogen (secondary N) is 1. The van der Waals surface area contributed by atoms with Crippen molar-refractivity contribution < 1.29 is 14.3 Å². The van der Waals surface area contributed by atoms with E-state index in [-0.39, 0.29) is 29.8 Å². The summed E-state index contributed by atoms with van der Waals surface area (Å²) in [6.07, 6.45) is 5.44. The average molecular weight is 423 g/mol. The van der Waals surface area contributed by atoms with E-state index in [1.807, 2.05) is 32.3 Å². The number of thioether (sulfide) groups is 1. The van der Waals surface area contributed by atoms with Crippen molar-refractivity contribution in [1.29, 1.82) is 0 Å². The molecule has 28 heavy (non-hydrogen) atoms. The maximum atomic E-state index is 12.7. The third-order valence-corrected chi connectivity index (χ3v) is 6.56. The van der Waals surface area contributed by atoms with Gasteiger partial charge in [0.15, 0.2) is 5.16 Å². The van der Waals surface area contributed by atoms with Crippen LogP contribution in [-0.4, -0.2) is 38.5 Å². The molecule has 1 N–H and O–H groups in total. The second kappa shape index (κ2) is 9.09. The topological polar surface area (TPSA) is 86.1 Å². The number of aryl methyl sites for hydroxylation is 1. The Bertz CT molecular complexity index is 857. The van der Waals surface area contributed by atoms with E-state index in [1.54, 1.807) is 6.33 Å². The quantitative estimate of drug-likeness (QED) is 0.534. The van der Waals surface area contributed by atoms with Crippen LogP contribution in [0.4, 0.5) is 5.00 Å². The van der Waals surface area contributed by atoms with E-state index in [0.717, 1.165) is 31.2 Å². The second-order valence-corrected chi connectivity index (χ2v) is 9.37. The molecule has 1 aliphatic carbocycles. The highest BCUT2D eigenvalue weighted by atomic mass is 32.2. The second-order valence-electron chi connectivity index (χ2n) is 7.32. The molecule has 0 aromatic carbocycles. The number of hydrogen-bond donors (Lipinski definition) is 1. The molecule has 2 aromatic rings. The Morgan fingerprint density at radius 3 is 2.75 bits per heavy atom. The van der Waals surface area contributed by atoms with Crippen LogP contribution in [0.5, 0.6) is 0 Å². The van der Waals surface area contributed by atoms with Crippen LogP contribution in [0.1, 0.15) is 67.4 Å². The fraction of sp³-hybridized carbons (Fsp3) is 0.579. The van der Waals surface area contributed by atoms with Crippen LogP contribution in [0.2, 0.25) is 0 Å². The van der Waals surface area contributed by atoms with Crippen molar-refractivity contribution in [1.82, 2.24) is 14.8 Å². The molecule has 0 radical (unpaired) electrons. The number of hydrogen-bond acceptors (Lipinski definition) is 7. The normalized spacial score (nSPS) is 13.6. The lowest BCUT2D eigenvalue weighted by Crippen LogP contribution is -2.19. The summed E-state index contributed by atoms with van der Waals surface area (Å²) in [5.41, 5.74) is 1.58. The maximum Gasteiger partial charge on any atom is 0.341 e. The first kappa shape index (κ1) is 20.9. The average Bonchev–Trinajstić information content (AvgIpc) is 3.23. The van der Waals surface area contributed by atoms with Gasteiger partial charge in [-0.2, -0.15) is 0 Å². The van der Waals surface area contributed by atoms with Gasteiger partial charge in [0.1, 0.15) is 11.3 Å². The molecule has 9 heteroatoms. The third kappa shape index (κ3) is 4.75. The minimum atomic E-state index is -0.350. The summed E-state index contributed by atoms with van der Waals surface area (Å²) in [6.45, 7) is 7.74. The number of carbonyl (C=O) groups excluding carboxylic acids is 2. The van der Waals surface area contributed by atoms with Crippen molar-refractivity contribution in [2.75, 3.05) is 11.1 Å².